The van der Waals surface area contributed by atoms with Gasteiger partial charge in [0.25, 0.3) is 0 Å². The summed E-state index contributed by atoms with van der Waals surface area (Å²) in [5, 5.41) is 3.22. The lowest BCUT2D eigenvalue weighted by Crippen LogP contribution is -2.26. The third-order valence-corrected chi connectivity index (χ3v) is 1.67. The number of carbonyl (C=O) groups excluding carboxylic acids is 1. The molecule has 14 heavy (non-hydrogen) atoms. The fourth-order valence-corrected chi connectivity index (χ4v) is 1.06. The summed E-state index contributed by atoms with van der Waals surface area (Å²) in [6.45, 7) is 7.72. The number of carbonyl (C=O) groups is 1. The first-order chi connectivity index (χ1) is 6.38. The fourth-order valence-electron chi connectivity index (χ4n) is 1.06. The van der Waals surface area contributed by atoms with E-state index < -0.39 is 0 Å². The first-order valence-corrected chi connectivity index (χ1v) is 4.64. The Labute approximate surface area is 84.6 Å². The molecule has 1 rings (SSSR count). The van der Waals surface area contributed by atoms with Crippen LogP contribution in [0.25, 0.3) is 0 Å². The van der Waals surface area contributed by atoms with Crippen LogP contribution in [0, 0.1) is 0 Å². The lowest BCUT2D eigenvalue weighted by Gasteiger charge is -2.21. The molecule has 0 aliphatic heterocycles. The maximum Gasteiger partial charge on any atom is 0.161 e. The molecule has 0 unspecified atom stereocenters. The third-order valence-electron chi connectivity index (χ3n) is 1.67. The molecule has 0 bridgehead atoms. The lowest BCUT2D eigenvalue weighted by atomic mass is 10.1. The van der Waals surface area contributed by atoms with Crippen LogP contribution in [0.1, 0.15) is 38.1 Å². The van der Waals surface area contributed by atoms with Gasteiger partial charge in [0, 0.05) is 17.3 Å². The number of nitrogens with one attached hydrogen (secondary N) is 1. The van der Waals surface area contributed by atoms with Crippen LogP contribution in [-0.4, -0.2) is 16.3 Å². The van der Waals surface area contributed by atoms with Crippen LogP contribution in [0.3, 0.4) is 0 Å². The molecule has 1 heterocycles. The van der Waals surface area contributed by atoms with Crippen molar-refractivity contribution in [3.8, 4) is 0 Å². The summed E-state index contributed by atoms with van der Waals surface area (Å²) >= 11 is 0. The normalized spacial score (nSPS) is 11.1. The summed E-state index contributed by atoms with van der Waals surface area (Å²) in [6.07, 6.45) is 1.59. The van der Waals surface area contributed by atoms with Crippen molar-refractivity contribution < 1.29 is 4.79 Å². The Bertz CT molecular complexity index is 322. The molecule has 0 atom stereocenters. The number of hydrogen-bond donors (Lipinski definition) is 1. The Hall–Kier alpha value is -1.38. The van der Waals surface area contributed by atoms with Crippen LogP contribution in [0.4, 0.5) is 5.82 Å². The summed E-state index contributed by atoms with van der Waals surface area (Å²) in [7, 11) is 0. The molecule has 0 aliphatic rings. The van der Waals surface area contributed by atoms with Crippen molar-refractivity contribution in [3.05, 3.63) is 23.9 Å². The van der Waals surface area contributed by atoms with Crippen molar-refractivity contribution in [2.75, 3.05) is 5.32 Å². The SMILES string of the molecule is CC(=O)c1ccc(NC(C)(C)C)nc1. The molecule has 1 aromatic rings. The number of hydrogen-bond acceptors (Lipinski definition) is 3. The van der Waals surface area contributed by atoms with Crippen LogP contribution < -0.4 is 5.32 Å². The second-order valence-electron chi connectivity index (χ2n) is 4.36. The van der Waals surface area contributed by atoms with E-state index in [4.69, 9.17) is 0 Å². The van der Waals surface area contributed by atoms with Gasteiger partial charge in [-0.15, -0.1) is 0 Å². The van der Waals surface area contributed by atoms with Crippen LogP contribution >= 0.6 is 0 Å². The van der Waals surface area contributed by atoms with Gasteiger partial charge in [0.1, 0.15) is 5.82 Å². The smallest absolute Gasteiger partial charge is 0.161 e. The van der Waals surface area contributed by atoms with E-state index in [1.807, 2.05) is 6.07 Å². The topological polar surface area (TPSA) is 42.0 Å². The van der Waals surface area contributed by atoms with Gasteiger partial charge in [-0.1, -0.05) is 0 Å². The Morgan fingerprint density at radius 3 is 2.36 bits per heavy atom. The Kier molecular flexibility index (Phi) is 2.89. The fraction of sp³-hybridized carbons (Fsp3) is 0.455. The molecule has 76 valence electrons. The van der Waals surface area contributed by atoms with Gasteiger partial charge in [0.05, 0.1) is 0 Å². The van der Waals surface area contributed by atoms with Gasteiger partial charge >= 0.3 is 0 Å². The summed E-state index contributed by atoms with van der Waals surface area (Å²) in [5.41, 5.74) is 0.634. The van der Waals surface area contributed by atoms with Gasteiger partial charge in [-0.25, -0.2) is 4.98 Å². The van der Waals surface area contributed by atoms with E-state index in [1.54, 1.807) is 12.3 Å². The summed E-state index contributed by atoms with van der Waals surface area (Å²) < 4.78 is 0. The number of rotatable bonds is 2. The highest BCUT2D eigenvalue weighted by atomic mass is 16.1. The van der Waals surface area contributed by atoms with Crippen molar-refractivity contribution in [1.82, 2.24) is 4.98 Å². The first-order valence-electron chi connectivity index (χ1n) is 4.64. The average molecular weight is 192 g/mol. The minimum Gasteiger partial charge on any atom is -0.365 e. The minimum absolute atomic E-state index is 0.00919. The molecule has 0 fully saturated rings. The van der Waals surface area contributed by atoms with Crippen molar-refractivity contribution in [2.24, 2.45) is 0 Å². The highest BCUT2D eigenvalue weighted by molar-refractivity contribution is 5.93. The number of anilines is 1. The van der Waals surface area contributed by atoms with Gasteiger partial charge < -0.3 is 5.32 Å². The Balaban J connectivity index is 2.79. The maximum absolute atomic E-state index is 11.0. The zero-order valence-corrected chi connectivity index (χ0v) is 9.09. The van der Waals surface area contributed by atoms with Gasteiger partial charge in [-0.2, -0.15) is 0 Å². The van der Waals surface area contributed by atoms with Gasteiger partial charge in [0.15, 0.2) is 5.78 Å². The molecule has 0 aliphatic carbocycles. The first kappa shape index (κ1) is 10.7. The van der Waals surface area contributed by atoms with E-state index >= 15 is 0 Å². The molecule has 0 amide bonds. The Morgan fingerprint density at radius 1 is 1.36 bits per heavy atom. The molecule has 0 spiro atoms. The van der Waals surface area contributed by atoms with Crippen molar-refractivity contribution >= 4 is 11.6 Å². The van der Waals surface area contributed by atoms with E-state index in [1.165, 1.54) is 6.92 Å². The molecule has 0 radical (unpaired) electrons. The van der Waals surface area contributed by atoms with Crippen LogP contribution in [0.2, 0.25) is 0 Å². The van der Waals surface area contributed by atoms with E-state index in [9.17, 15) is 4.79 Å². The second-order valence-corrected chi connectivity index (χ2v) is 4.36. The van der Waals surface area contributed by atoms with Gasteiger partial charge in [0.2, 0.25) is 0 Å². The predicted octanol–water partition coefficient (Wildman–Crippen LogP) is 2.49. The van der Waals surface area contributed by atoms with Crippen molar-refractivity contribution in [2.45, 2.75) is 33.2 Å². The van der Waals surface area contributed by atoms with Crippen molar-refractivity contribution in [3.63, 3.8) is 0 Å². The molecule has 0 aromatic carbocycles. The average Bonchev–Trinajstić information content (AvgIpc) is 2.02. The number of aromatic nitrogens is 1. The van der Waals surface area contributed by atoms with E-state index in [2.05, 4.69) is 31.1 Å². The number of Topliss-reactive ketones (excluding diaryl/α,β-unsaturated/α-hetero) is 1. The molecule has 1 N–H and O–H groups in total. The van der Waals surface area contributed by atoms with Gasteiger partial charge in [-0.05, 0) is 39.8 Å². The number of ketones is 1. The molecule has 0 saturated heterocycles. The standard InChI is InChI=1S/C11H16N2O/c1-8(14)9-5-6-10(12-7-9)13-11(2,3)4/h5-7H,1-4H3,(H,12,13). The van der Waals surface area contributed by atoms with E-state index in [-0.39, 0.29) is 11.3 Å². The molecule has 0 saturated carbocycles. The summed E-state index contributed by atoms with van der Waals surface area (Å²) in [5.74, 6) is 0.835. The van der Waals surface area contributed by atoms with E-state index in [0.29, 0.717) is 5.56 Å². The van der Waals surface area contributed by atoms with Crippen LogP contribution in [-0.2, 0) is 0 Å². The lowest BCUT2D eigenvalue weighted by molar-refractivity contribution is 0.101. The molecule has 3 heteroatoms. The van der Waals surface area contributed by atoms with Crippen LogP contribution in [0.5, 0.6) is 0 Å². The molecular weight excluding hydrogens is 176 g/mol. The number of pyridine rings is 1. The summed E-state index contributed by atoms with van der Waals surface area (Å²) in [6, 6.07) is 3.60. The predicted molar refractivity (Wildman–Crippen MR) is 57.6 cm³/mol. The third kappa shape index (κ3) is 3.17. The summed E-state index contributed by atoms with van der Waals surface area (Å²) in [4.78, 5) is 15.1. The van der Waals surface area contributed by atoms with Crippen LogP contribution in [0.15, 0.2) is 18.3 Å². The Morgan fingerprint density at radius 2 is 2.00 bits per heavy atom. The molecular formula is C11H16N2O. The largest absolute Gasteiger partial charge is 0.365 e. The van der Waals surface area contributed by atoms with Gasteiger partial charge in [-0.3, -0.25) is 4.79 Å². The highest BCUT2D eigenvalue weighted by Crippen LogP contribution is 2.12. The van der Waals surface area contributed by atoms with E-state index in [0.717, 1.165) is 5.82 Å². The highest BCUT2D eigenvalue weighted by Gasteiger charge is 2.09. The second kappa shape index (κ2) is 3.78. The number of nitrogens with zero attached hydrogens (tertiary/aromatic N) is 1. The monoisotopic (exact) mass is 192 g/mol. The molecule has 1 aromatic heterocycles. The maximum atomic E-state index is 11.0. The zero-order valence-electron chi connectivity index (χ0n) is 9.09. The minimum atomic E-state index is -0.00919. The zero-order chi connectivity index (χ0) is 10.8. The van der Waals surface area contributed by atoms with Crippen molar-refractivity contribution in [1.29, 1.82) is 0 Å². The quantitative estimate of drug-likeness (QED) is 0.732. The molecule has 3 nitrogen and oxygen atoms in total.